The summed E-state index contributed by atoms with van der Waals surface area (Å²) in [7, 11) is 3.18. The fraction of sp³-hybridized carbons (Fsp3) is 0.241. The number of imidazole rings is 1. The zero-order chi connectivity index (χ0) is 26.5. The average Bonchev–Trinajstić information content (AvgIpc) is 3.59. The Bertz CT molecular complexity index is 1540. The van der Waals surface area contributed by atoms with E-state index in [9.17, 15) is 4.79 Å². The third-order valence-corrected chi connectivity index (χ3v) is 6.56. The van der Waals surface area contributed by atoms with Gasteiger partial charge in [-0.15, -0.1) is 10.2 Å². The Kier molecular flexibility index (Phi) is 7.57. The summed E-state index contributed by atoms with van der Waals surface area (Å²) in [6.07, 6.45) is 0.913. The Balaban J connectivity index is 1.56. The monoisotopic (exact) mass is 510 g/mol. The number of hydrogen-bond acceptors (Lipinski definition) is 6. The lowest BCUT2D eigenvalue weighted by molar-refractivity contribution is -0.110. The van der Waals surface area contributed by atoms with Crippen LogP contribution < -0.4 is 5.69 Å². The predicted molar refractivity (Wildman–Crippen MR) is 145 cm³/mol. The Hall–Kier alpha value is -4.34. The zero-order valence-electron chi connectivity index (χ0n) is 21.7. The van der Waals surface area contributed by atoms with Gasteiger partial charge in [-0.3, -0.25) is 9.13 Å². The summed E-state index contributed by atoms with van der Waals surface area (Å²) >= 11 is 0. The number of ether oxygens (including phenoxy) is 2. The van der Waals surface area contributed by atoms with E-state index in [0.717, 1.165) is 45.7 Å². The third kappa shape index (κ3) is 4.81. The van der Waals surface area contributed by atoms with Crippen molar-refractivity contribution in [3.05, 3.63) is 106 Å². The molecule has 2 heterocycles. The molecule has 0 saturated carbocycles. The molecule has 0 aliphatic rings. The quantitative estimate of drug-likeness (QED) is 0.272. The number of nitrogens with zero attached hydrogens (tertiary/aromatic N) is 5. The Labute approximate surface area is 220 Å². The first-order chi connectivity index (χ1) is 18.7. The van der Waals surface area contributed by atoms with Crippen LogP contribution >= 0.6 is 0 Å². The van der Waals surface area contributed by atoms with E-state index in [1.165, 1.54) is 0 Å². The fourth-order valence-corrected chi connectivity index (χ4v) is 4.83. The van der Waals surface area contributed by atoms with E-state index in [1.807, 2.05) is 71.3 Å². The highest BCUT2D eigenvalue weighted by atomic mass is 16.7. The summed E-state index contributed by atoms with van der Waals surface area (Å²) in [5.41, 5.74) is 6.21. The number of benzene rings is 3. The van der Waals surface area contributed by atoms with Crippen molar-refractivity contribution in [2.75, 3.05) is 14.2 Å². The molecule has 0 amide bonds. The second-order valence-corrected chi connectivity index (χ2v) is 8.90. The van der Waals surface area contributed by atoms with Gasteiger partial charge >= 0.3 is 5.69 Å². The Morgan fingerprint density at radius 3 is 2.21 bits per heavy atom. The number of tetrazole rings is 1. The third-order valence-electron chi connectivity index (χ3n) is 6.56. The molecule has 0 spiro atoms. The molecular formula is C29H30N6O3. The number of aromatic nitrogens is 6. The SMILES string of the molecule is CCCc1c(C(OC)OC)n(-c2ccccc2)c(=O)n1Cc1ccc(-c2ccccc2-c2nn[nH]n2)cc1. The summed E-state index contributed by atoms with van der Waals surface area (Å²) in [6, 6.07) is 25.8. The second-order valence-electron chi connectivity index (χ2n) is 8.90. The van der Waals surface area contributed by atoms with Gasteiger partial charge in [0.15, 0.2) is 0 Å². The van der Waals surface area contributed by atoms with Crippen LogP contribution in [-0.4, -0.2) is 44.0 Å². The number of hydrogen-bond donors (Lipinski definition) is 1. The molecule has 0 bridgehead atoms. The molecule has 5 aromatic rings. The topological polar surface area (TPSA) is 99.9 Å². The van der Waals surface area contributed by atoms with Crippen LogP contribution in [0.5, 0.6) is 0 Å². The van der Waals surface area contributed by atoms with Crippen LogP contribution in [0.3, 0.4) is 0 Å². The standard InChI is InChI=1S/C29H30N6O3/c1-4-10-25-26(28(37-2)38-3)35(22-11-6-5-7-12-22)29(36)34(25)19-20-15-17-21(18-16-20)23-13-8-9-14-24(23)27-30-32-33-31-27/h5-9,11-18,28H,4,10,19H2,1-3H3,(H,30,31,32,33). The maximum atomic E-state index is 13.9. The molecule has 0 radical (unpaired) electrons. The van der Waals surface area contributed by atoms with Gasteiger partial charge in [-0.1, -0.05) is 80.1 Å². The van der Waals surface area contributed by atoms with Crippen LogP contribution in [0.4, 0.5) is 0 Å². The summed E-state index contributed by atoms with van der Waals surface area (Å²) in [5, 5.41) is 14.5. The molecule has 38 heavy (non-hydrogen) atoms. The second kappa shape index (κ2) is 11.4. The highest BCUT2D eigenvalue weighted by Crippen LogP contribution is 2.30. The smallest absolute Gasteiger partial charge is 0.333 e. The van der Waals surface area contributed by atoms with Crippen molar-refractivity contribution in [1.82, 2.24) is 29.8 Å². The molecule has 0 atom stereocenters. The van der Waals surface area contributed by atoms with Crippen LogP contribution in [0.2, 0.25) is 0 Å². The first-order valence-electron chi connectivity index (χ1n) is 12.5. The molecule has 0 fully saturated rings. The van der Waals surface area contributed by atoms with Crippen molar-refractivity contribution in [3.63, 3.8) is 0 Å². The number of rotatable bonds is 10. The summed E-state index contributed by atoms with van der Waals surface area (Å²) in [6.45, 7) is 2.52. The molecule has 194 valence electrons. The van der Waals surface area contributed by atoms with Gasteiger partial charge in [-0.05, 0) is 40.5 Å². The Morgan fingerprint density at radius 2 is 1.58 bits per heavy atom. The van der Waals surface area contributed by atoms with Crippen molar-refractivity contribution >= 4 is 0 Å². The van der Waals surface area contributed by atoms with E-state index in [4.69, 9.17) is 9.47 Å². The minimum absolute atomic E-state index is 0.125. The van der Waals surface area contributed by atoms with E-state index >= 15 is 0 Å². The summed E-state index contributed by atoms with van der Waals surface area (Å²) < 4.78 is 14.8. The van der Waals surface area contributed by atoms with E-state index < -0.39 is 6.29 Å². The molecule has 9 heteroatoms. The van der Waals surface area contributed by atoms with Crippen molar-refractivity contribution in [2.24, 2.45) is 0 Å². The maximum absolute atomic E-state index is 13.9. The van der Waals surface area contributed by atoms with Gasteiger partial charge in [-0.25, -0.2) is 4.79 Å². The number of aromatic amines is 1. The normalized spacial score (nSPS) is 11.4. The largest absolute Gasteiger partial charge is 0.350 e. The molecule has 0 aliphatic heterocycles. The first-order valence-corrected chi connectivity index (χ1v) is 12.5. The van der Waals surface area contributed by atoms with Gasteiger partial charge in [0.1, 0.15) is 5.69 Å². The molecular weight excluding hydrogens is 480 g/mol. The molecule has 0 saturated heterocycles. The Morgan fingerprint density at radius 1 is 0.895 bits per heavy atom. The van der Waals surface area contributed by atoms with Crippen molar-refractivity contribution in [3.8, 4) is 28.2 Å². The molecule has 2 aromatic heterocycles. The summed E-state index contributed by atoms with van der Waals surface area (Å²) in [5.74, 6) is 0.543. The molecule has 0 unspecified atom stereocenters. The number of nitrogens with one attached hydrogen (secondary N) is 1. The molecule has 3 aromatic carbocycles. The van der Waals surface area contributed by atoms with E-state index in [2.05, 4.69) is 39.7 Å². The lowest BCUT2D eigenvalue weighted by Crippen LogP contribution is -2.25. The lowest BCUT2D eigenvalue weighted by Gasteiger charge is -2.18. The average molecular weight is 511 g/mol. The van der Waals surface area contributed by atoms with Crippen LogP contribution in [0, 0.1) is 0 Å². The highest BCUT2D eigenvalue weighted by Gasteiger charge is 2.27. The van der Waals surface area contributed by atoms with Crippen molar-refractivity contribution < 1.29 is 9.47 Å². The number of methoxy groups -OCH3 is 2. The zero-order valence-corrected chi connectivity index (χ0v) is 21.7. The molecule has 9 nitrogen and oxygen atoms in total. The van der Waals surface area contributed by atoms with E-state index in [1.54, 1.807) is 18.8 Å². The number of para-hydroxylation sites is 1. The van der Waals surface area contributed by atoms with Gasteiger partial charge in [0.25, 0.3) is 0 Å². The molecule has 0 aliphatic carbocycles. The minimum atomic E-state index is -0.672. The van der Waals surface area contributed by atoms with Crippen LogP contribution in [0.1, 0.15) is 36.6 Å². The van der Waals surface area contributed by atoms with Gasteiger partial charge < -0.3 is 9.47 Å². The first kappa shape index (κ1) is 25.3. The number of H-pyrrole nitrogens is 1. The highest BCUT2D eigenvalue weighted by molar-refractivity contribution is 5.80. The molecule has 5 rings (SSSR count). The van der Waals surface area contributed by atoms with Gasteiger partial charge in [0.05, 0.1) is 12.2 Å². The van der Waals surface area contributed by atoms with Gasteiger partial charge in [0, 0.05) is 25.5 Å². The fourth-order valence-electron chi connectivity index (χ4n) is 4.83. The van der Waals surface area contributed by atoms with Crippen LogP contribution in [0.25, 0.3) is 28.2 Å². The van der Waals surface area contributed by atoms with Crippen LogP contribution in [0.15, 0.2) is 83.7 Å². The van der Waals surface area contributed by atoms with Gasteiger partial charge in [-0.2, -0.15) is 5.21 Å². The van der Waals surface area contributed by atoms with Crippen molar-refractivity contribution in [1.29, 1.82) is 0 Å². The van der Waals surface area contributed by atoms with E-state index in [-0.39, 0.29) is 5.69 Å². The predicted octanol–water partition coefficient (Wildman–Crippen LogP) is 4.78. The van der Waals surface area contributed by atoms with E-state index in [0.29, 0.717) is 18.8 Å². The van der Waals surface area contributed by atoms with Crippen molar-refractivity contribution in [2.45, 2.75) is 32.6 Å². The van der Waals surface area contributed by atoms with Gasteiger partial charge in [0.2, 0.25) is 12.1 Å². The van der Waals surface area contributed by atoms with Crippen LogP contribution in [-0.2, 0) is 22.4 Å². The maximum Gasteiger partial charge on any atom is 0.333 e. The summed E-state index contributed by atoms with van der Waals surface area (Å²) in [4.78, 5) is 13.9. The lowest BCUT2D eigenvalue weighted by atomic mass is 9.98. The minimum Gasteiger partial charge on any atom is -0.350 e. The molecule has 1 N–H and O–H groups in total.